The van der Waals surface area contributed by atoms with Crippen molar-refractivity contribution in [1.82, 2.24) is 0 Å². The fourth-order valence-electron chi connectivity index (χ4n) is 0. The van der Waals surface area contributed by atoms with Gasteiger partial charge in [0, 0.05) is 17.1 Å². The summed E-state index contributed by atoms with van der Waals surface area (Å²) in [7, 11) is 0. The molecule has 0 spiro atoms. The van der Waals surface area contributed by atoms with E-state index in [2.05, 4.69) is 0 Å². The Morgan fingerprint density at radius 3 is 1.40 bits per heavy atom. The van der Waals surface area contributed by atoms with Crippen molar-refractivity contribution in [3.63, 3.8) is 0 Å². The van der Waals surface area contributed by atoms with Gasteiger partial charge in [-0.2, -0.15) is 0 Å². The first-order valence-corrected chi connectivity index (χ1v) is 2.76. The average molecular weight is 184 g/mol. The van der Waals surface area contributed by atoms with Gasteiger partial charge in [-0.25, -0.2) is 0 Å². The molecule has 0 aromatic rings. The van der Waals surface area contributed by atoms with E-state index in [1.165, 1.54) is 0 Å². The van der Waals surface area contributed by atoms with Crippen molar-refractivity contribution in [2.75, 3.05) is 0 Å². The van der Waals surface area contributed by atoms with Crippen LogP contribution in [0.2, 0.25) is 0 Å². The summed E-state index contributed by atoms with van der Waals surface area (Å²) in [6, 6.07) is 0. The van der Waals surface area contributed by atoms with Crippen LogP contribution in [0.5, 0.6) is 0 Å². The van der Waals surface area contributed by atoms with Crippen LogP contribution in [0.1, 0.15) is 0 Å². The monoisotopic (exact) mass is 185 g/mol. The van der Waals surface area contributed by atoms with Crippen LogP contribution in [0, 0.1) is 0 Å². The Hall–Kier alpha value is 0.759. The van der Waals surface area contributed by atoms with E-state index in [0.29, 0.717) is 0 Å². The summed E-state index contributed by atoms with van der Waals surface area (Å²) in [6.07, 6.45) is 0. The molecule has 0 aromatic heterocycles. The van der Waals surface area contributed by atoms with E-state index in [1.807, 2.05) is 0 Å². The van der Waals surface area contributed by atoms with E-state index < -0.39 is 14.5 Å². The summed E-state index contributed by atoms with van der Waals surface area (Å²) in [6.45, 7) is 0. The molecule has 0 aromatic carbocycles. The van der Waals surface area contributed by atoms with Gasteiger partial charge in [-0.3, -0.25) is 0 Å². The van der Waals surface area contributed by atoms with Crippen molar-refractivity contribution in [2.45, 2.75) is 0 Å². The molecule has 0 heterocycles. The third kappa shape index (κ3) is 62.9. The van der Waals surface area contributed by atoms with E-state index in [9.17, 15) is 0 Å². The summed E-state index contributed by atoms with van der Waals surface area (Å²) in [5.41, 5.74) is 0. The van der Waals surface area contributed by atoms with Crippen LogP contribution in [0.3, 0.4) is 0 Å². The fraction of sp³-hybridized carbons (Fsp3) is 0. The predicted octanol–water partition coefficient (Wildman–Crippen LogP) is -1.62. The zero-order valence-electron chi connectivity index (χ0n) is 2.09. The molecule has 0 atom stereocenters. The van der Waals surface area contributed by atoms with Crippen molar-refractivity contribution in [3.8, 4) is 0 Å². The van der Waals surface area contributed by atoms with Gasteiger partial charge in [-0.05, 0) is 0 Å². The molecule has 0 saturated carbocycles. The van der Waals surface area contributed by atoms with Gasteiger partial charge in [0.1, 0.15) is 0 Å². The van der Waals surface area contributed by atoms with Gasteiger partial charge >= 0.3 is 26.7 Å². The fourth-order valence-corrected chi connectivity index (χ4v) is 0. The average Bonchev–Trinajstić information content (AvgIpc) is 0.811. The van der Waals surface area contributed by atoms with Crippen LogP contribution in [0.25, 0.3) is 0 Å². The number of rotatable bonds is 0. The summed E-state index contributed by atoms with van der Waals surface area (Å²) < 4.78 is 23.1. The summed E-state index contributed by atoms with van der Waals surface area (Å²) in [4.78, 5) is 0. The van der Waals surface area contributed by atoms with Crippen molar-refractivity contribution >= 4 is 14.5 Å². The molecule has 1 radical (unpaired) electrons. The molecule has 33 valence electrons. The summed E-state index contributed by atoms with van der Waals surface area (Å²) in [5, 5.41) is 0. The molecule has 2 N–H and O–H groups in total. The maximum absolute atomic E-state index is 8.76. The Labute approximate surface area is 44.2 Å². The molecular weight excluding hydrogens is 182 g/mol. The smallest absolute Gasteiger partial charge is 0 e. The second kappa shape index (κ2) is 4.76. The SMILES string of the molecule is O=[Se](O)O.[Mn]. The normalized spacial score (nSPS) is 7.00. The van der Waals surface area contributed by atoms with Crippen LogP contribution in [-0.4, -0.2) is 22.9 Å². The van der Waals surface area contributed by atoms with E-state index in [4.69, 9.17) is 12.2 Å². The molecule has 5 heteroatoms. The van der Waals surface area contributed by atoms with Gasteiger partial charge in [0.2, 0.25) is 0 Å². The Bertz CT molecular complexity index is 29.9. The van der Waals surface area contributed by atoms with Crippen molar-refractivity contribution in [2.24, 2.45) is 0 Å². The molecule has 0 amide bonds. The van der Waals surface area contributed by atoms with Gasteiger partial charge in [-0.15, -0.1) is 0 Å². The van der Waals surface area contributed by atoms with E-state index in [1.54, 1.807) is 0 Å². The molecule has 0 fully saturated rings. The third-order valence-corrected chi connectivity index (χ3v) is 0. The first-order valence-electron chi connectivity index (χ1n) is 0.532. The third-order valence-electron chi connectivity index (χ3n) is 0. The minimum absolute atomic E-state index is 0. The number of hydrogen-bond donors (Lipinski definition) is 2. The molecule has 0 saturated heterocycles. The molecule has 3 nitrogen and oxygen atoms in total. The van der Waals surface area contributed by atoms with Gasteiger partial charge in [0.25, 0.3) is 0 Å². The Morgan fingerprint density at radius 2 is 1.40 bits per heavy atom. The molecule has 0 aliphatic heterocycles. The van der Waals surface area contributed by atoms with Gasteiger partial charge < -0.3 is 0 Å². The molecule has 0 aliphatic carbocycles. The summed E-state index contributed by atoms with van der Waals surface area (Å²) >= 11 is -3.29. The van der Waals surface area contributed by atoms with Crippen LogP contribution >= 0.6 is 0 Å². The molecule has 0 bridgehead atoms. The zero-order valence-corrected chi connectivity index (χ0v) is 4.98. The minimum atomic E-state index is -3.29. The predicted molar refractivity (Wildman–Crippen MR) is 10.9 cm³/mol. The Balaban J connectivity index is 0. The molecule has 5 heavy (non-hydrogen) atoms. The van der Waals surface area contributed by atoms with Crippen molar-refractivity contribution in [1.29, 1.82) is 0 Å². The summed E-state index contributed by atoms with van der Waals surface area (Å²) in [5.74, 6) is 0. The second-order valence-corrected chi connectivity index (χ2v) is 1.20. The van der Waals surface area contributed by atoms with Crippen LogP contribution in [0.4, 0.5) is 0 Å². The van der Waals surface area contributed by atoms with E-state index >= 15 is 0 Å². The molecule has 0 rings (SSSR count). The molecule has 0 aliphatic rings. The maximum atomic E-state index is 8.76. The first kappa shape index (κ1) is 9.23. The second-order valence-electron chi connectivity index (χ2n) is 0.231. The van der Waals surface area contributed by atoms with Crippen molar-refractivity contribution < 1.29 is 29.3 Å². The van der Waals surface area contributed by atoms with Crippen molar-refractivity contribution in [3.05, 3.63) is 0 Å². The zero-order chi connectivity index (χ0) is 3.58. The van der Waals surface area contributed by atoms with E-state index in [0.717, 1.165) is 0 Å². The Kier molecular flexibility index (Phi) is 8.79. The largest absolute Gasteiger partial charge is 0 e. The Morgan fingerprint density at radius 1 is 1.40 bits per heavy atom. The van der Waals surface area contributed by atoms with Gasteiger partial charge in [0.05, 0.1) is 0 Å². The van der Waals surface area contributed by atoms with Gasteiger partial charge in [0.15, 0.2) is 0 Å². The van der Waals surface area contributed by atoms with Crippen LogP contribution < -0.4 is 0 Å². The quantitative estimate of drug-likeness (QED) is 0.445. The molecular formula is H2MnO3Se. The van der Waals surface area contributed by atoms with Gasteiger partial charge in [-0.1, -0.05) is 0 Å². The maximum Gasteiger partial charge on any atom is 0 e. The standard InChI is InChI=1S/Mn.H2O3Se/c;1-4(2)3/h;(H2,1,2,3). The van der Waals surface area contributed by atoms with Crippen LogP contribution in [-0.2, 0) is 20.9 Å². The number of hydrogen-bond acceptors (Lipinski definition) is 1. The van der Waals surface area contributed by atoms with Crippen LogP contribution in [0.15, 0.2) is 0 Å². The molecule has 0 unspecified atom stereocenters. The topological polar surface area (TPSA) is 57.5 Å². The minimum Gasteiger partial charge on any atom is 0 e. The first-order chi connectivity index (χ1) is 1.73. The van der Waals surface area contributed by atoms with E-state index in [-0.39, 0.29) is 17.1 Å².